The zero-order valence-corrected chi connectivity index (χ0v) is 10.5. The Kier molecular flexibility index (Phi) is 4.87. The van der Waals surface area contributed by atoms with Gasteiger partial charge in [-0.05, 0) is 19.1 Å². The number of hydrogen-bond acceptors (Lipinski definition) is 4. The Morgan fingerprint density at radius 3 is 2.58 bits per heavy atom. The van der Waals surface area contributed by atoms with E-state index in [0.717, 1.165) is 0 Å². The lowest BCUT2D eigenvalue weighted by Crippen LogP contribution is -2.35. The predicted octanol–water partition coefficient (Wildman–Crippen LogP) is -0.225. The fraction of sp³-hybridized carbons (Fsp3) is 0.250. The molecule has 0 heterocycles. The fourth-order valence-electron chi connectivity index (χ4n) is 1.54. The van der Waals surface area contributed by atoms with Crippen molar-refractivity contribution >= 4 is 17.6 Å². The van der Waals surface area contributed by atoms with Gasteiger partial charge in [-0.3, -0.25) is 9.59 Å². The second kappa shape index (κ2) is 6.39. The Labute approximate surface area is 110 Å². The van der Waals surface area contributed by atoms with E-state index in [9.17, 15) is 9.59 Å². The zero-order valence-electron chi connectivity index (χ0n) is 10.5. The number of primary amides is 1. The van der Waals surface area contributed by atoms with Gasteiger partial charge in [0, 0.05) is 23.6 Å². The number of nitrogens with two attached hydrogens (primary N) is 2. The maximum atomic E-state index is 11.9. The molecular formula is C12H16N4O3. The van der Waals surface area contributed by atoms with Gasteiger partial charge in [-0.15, -0.1) is 0 Å². The molecule has 0 fully saturated rings. The monoisotopic (exact) mass is 264 g/mol. The SMILES string of the molecule is CC(CC(N)=O)NC(=O)c1cccc(/C(N)=N/O)c1. The quantitative estimate of drug-likeness (QED) is 0.253. The molecule has 1 aromatic carbocycles. The normalized spacial score (nSPS) is 12.8. The van der Waals surface area contributed by atoms with Crippen molar-refractivity contribution < 1.29 is 14.8 Å². The summed E-state index contributed by atoms with van der Waals surface area (Å²) in [5.41, 5.74) is 11.3. The minimum absolute atomic E-state index is 0.0612. The lowest BCUT2D eigenvalue weighted by Gasteiger charge is -2.12. The van der Waals surface area contributed by atoms with Crippen molar-refractivity contribution in [3.8, 4) is 0 Å². The Hall–Kier alpha value is -2.57. The van der Waals surface area contributed by atoms with Crippen molar-refractivity contribution in [3.05, 3.63) is 35.4 Å². The summed E-state index contributed by atoms with van der Waals surface area (Å²) in [5.74, 6) is -0.931. The smallest absolute Gasteiger partial charge is 0.251 e. The van der Waals surface area contributed by atoms with Crippen molar-refractivity contribution in [1.82, 2.24) is 5.32 Å². The molecule has 0 aromatic heterocycles. The third-order valence-electron chi connectivity index (χ3n) is 2.41. The van der Waals surface area contributed by atoms with Crippen molar-refractivity contribution in [3.63, 3.8) is 0 Å². The van der Waals surface area contributed by atoms with Gasteiger partial charge in [0.05, 0.1) is 0 Å². The van der Waals surface area contributed by atoms with Gasteiger partial charge >= 0.3 is 0 Å². The highest BCUT2D eigenvalue weighted by Gasteiger charge is 2.12. The first-order valence-electron chi connectivity index (χ1n) is 5.61. The maximum absolute atomic E-state index is 11.9. The van der Waals surface area contributed by atoms with Crippen molar-refractivity contribution in [2.75, 3.05) is 0 Å². The Bertz CT molecular complexity index is 513. The first-order chi connectivity index (χ1) is 8.93. The molecule has 0 saturated carbocycles. The summed E-state index contributed by atoms with van der Waals surface area (Å²) < 4.78 is 0. The van der Waals surface area contributed by atoms with Crippen LogP contribution in [0.5, 0.6) is 0 Å². The predicted molar refractivity (Wildman–Crippen MR) is 69.7 cm³/mol. The highest BCUT2D eigenvalue weighted by atomic mass is 16.4. The minimum Gasteiger partial charge on any atom is -0.409 e. The largest absolute Gasteiger partial charge is 0.409 e. The lowest BCUT2D eigenvalue weighted by molar-refractivity contribution is -0.118. The number of hydrogen-bond donors (Lipinski definition) is 4. The van der Waals surface area contributed by atoms with Crippen LogP contribution in [0.15, 0.2) is 29.4 Å². The number of nitrogens with one attached hydrogen (secondary N) is 1. The number of nitrogens with zero attached hydrogens (tertiary/aromatic N) is 1. The molecule has 1 atom stereocenters. The first-order valence-corrected chi connectivity index (χ1v) is 5.61. The number of benzene rings is 1. The number of amides is 2. The van der Waals surface area contributed by atoms with Gasteiger partial charge in [-0.2, -0.15) is 0 Å². The molecule has 19 heavy (non-hydrogen) atoms. The summed E-state index contributed by atoms with van der Waals surface area (Å²) in [6, 6.07) is 5.93. The molecular weight excluding hydrogens is 248 g/mol. The number of rotatable bonds is 5. The van der Waals surface area contributed by atoms with Crippen LogP contribution in [0.25, 0.3) is 0 Å². The van der Waals surface area contributed by atoms with Gasteiger partial charge < -0.3 is 22.0 Å². The van der Waals surface area contributed by atoms with E-state index in [1.807, 2.05) is 0 Å². The van der Waals surface area contributed by atoms with Crippen LogP contribution in [0, 0.1) is 0 Å². The van der Waals surface area contributed by atoms with Gasteiger partial charge in [0.2, 0.25) is 5.91 Å². The molecule has 0 saturated heterocycles. The van der Waals surface area contributed by atoms with Crippen LogP contribution in [0.3, 0.4) is 0 Å². The molecule has 0 aliphatic heterocycles. The summed E-state index contributed by atoms with van der Waals surface area (Å²) in [6.07, 6.45) is 0.0612. The Morgan fingerprint density at radius 2 is 2.00 bits per heavy atom. The molecule has 0 aliphatic carbocycles. The second-order valence-electron chi connectivity index (χ2n) is 4.11. The third-order valence-corrected chi connectivity index (χ3v) is 2.41. The van der Waals surface area contributed by atoms with E-state index in [0.29, 0.717) is 11.1 Å². The number of amidine groups is 1. The van der Waals surface area contributed by atoms with Crippen molar-refractivity contribution in [1.29, 1.82) is 0 Å². The standard InChI is InChI=1S/C12H16N4O3/c1-7(5-10(13)17)15-12(18)9-4-2-3-8(6-9)11(14)16-19/h2-4,6-7,19H,5H2,1H3,(H2,13,17)(H2,14,16)(H,15,18). The van der Waals surface area contributed by atoms with E-state index in [1.54, 1.807) is 25.1 Å². The number of oxime groups is 1. The molecule has 102 valence electrons. The first kappa shape index (κ1) is 14.5. The fourth-order valence-corrected chi connectivity index (χ4v) is 1.54. The Morgan fingerprint density at radius 1 is 1.37 bits per heavy atom. The van der Waals surface area contributed by atoms with E-state index in [2.05, 4.69) is 10.5 Å². The van der Waals surface area contributed by atoms with Gasteiger partial charge in [-0.25, -0.2) is 0 Å². The summed E-state index contributed by atoms with van der Waals surface area (Å²) in [4.78, 5) is 22.6. The van der Waals surface area contributed by atoms with E-state index in [4.69, 9.17) is 16.7 Å². The highest BCUT2D eigenvalue weighted by molar-refractivity contribution is 6.01. The highest BCUT2D eigenvalue weighted by Crippen LogP contribution is 2.06. The average molecular weight is 264 g/mol. The van der Waals surface area contributed by atoms with Crippen molar-refractivity contribution in [2.24, 2.45) is 16.6 Å². The van der Waals surface area contributed by atoms with Crippen LogP contribution < -0.4 is 16.8 Å². The summed E-state index contributed by atoms with van der Waals surface area (Å²) in [5, 5.41) is 14.1. The van der Waals surface area contributed by atoms with E-state index < -0.39 is 5.91 Å². The van der Waals surface area contributed by atoms with Crippen LogP contribution in [0.1, 0.15) is 29.3 Å². The lowest BCUT2D eigenvalue weighted by atomic mass is 10.1. The molecule has 0 radical (unpaired) electrons. The summed E-state index contributed by atoms with van der Waals surface area (Å²) in [7, 11) is 0. The van der Waals surface area contributed by atoms with Crippen LogP contribution in [0.2, 0.25) is 0 Å². The van der Waals surface area contributed by atoms with E-state index in [1.165, 1.54) is 6.07 Å². The topological polar surface area (TPSA) is 131 Å². The van der Waals surface area contributed by atoms with E-state index >= 15 is 0 Å². The minimum atomic E-state index is -0.488. The van der Waals surface area contributed by atoms with Crippen LogP contribution in [0.4, 0.5) is 0 Å². The molecule has 1 aromatic rings. The molecule has 1 rings (SSSR count). The van der Waals surface area contributed by atoms with Crippen molar-refractivity contribution in [2.45, 2.75) is 19.4 Å². The molecule has 2 amide bonds. The van der Waals surface area contributed by atoms with Crippen LogP contribution in [-0.4, -0.2) is 28.9 Å². The third kappa shape index (κ3) is 4.30. The number of carbonyl (C=O) groups excluding carboxylic acids is 2. The molecule has 1 unspecified atom stereocenters. The molecule has 7 heteroatoms. The molecule has 0 bridgehead atoms. The molecule has 0 aliphatic rings. The molecule has 6 N–H and O–H groups in total. The van der Waals surface area contributed by atoms with Gasteiger partial charge in [0.15, 0.2) is 5.84 Å². The summed E-state index contributed by atoms with van der Waals surface area (Å²) >= 11 is 0. The van der Waals surface area contributed by atoms with Crippen LogP contribution >= 0.6 is 0 Å². The Balaban J connectivity index is 2.80. The van der Waals surface area contributed by atoms with E-state index in [-0.39, 0.29) is 24.2 Å². The van der Waals surface area contributed by atoms with Crippen LogP contribution in [-0.2, 0) is 4.79 Å². The van der Waals surface area contributed by atoms with Gasteiger partial charge in [0.1, 0.15) is 0 Å². The molecule has 0 spiro atoms. The maximum Gasteiger partial charge on any atom is 0.251 e. The van der Waals surface area contributed by atoms with Gasteiger partial charge in [0.25, 0.3) is 5.91 Å². The van der Waals surface area contributed by atoms with Gasteiger partial charge in [-0.1, -0.05) is 17.3 Å². The number of carbonyl (C=O) groups is 2. The zero-order chi connectivity index (χ0) is 14.4. The molecule has 7 nitrogen and oxygen atoms in total. The average Bonchev–Trinajstić information content (AvgIpc) is 2.36. The summed E-state index contributed by atoms with van der Waals surface area (Å²) in [6.45, 7) is 1.68. The second-order valence-corrected chi connectivity index (χ2v) is 4.11.